The van der Waals surface area contributed by atoms with Gasteiger partial charge in [0.1, 0.15) is 11.9 Å². The van der Waals surface area contributed by atoms with Crippen molar-refractivity contribution in [3.63, 3.8) is 0 Å². The number of hydrogen-bond acceptors (Lipinski definition) is 3. The first-order valence-electron chi connectivity index (χ1n) is 5.70. The lowest BCUT2D eigenvalue weighted by Crippen LogP contribution is -2.26. The zero-order valence-corrected chi connectivity index (χ0v) is 10.2. The predicted octanol–water partition coefficient (Wildman–Crippen LogP) is 1.99. The molecule has 0 aliphatic rings. The summed E-state index contributed by atoms with van der Waals surface area (Å²) in [5.41, 5.74) is 0.433. The van der Waals surface area contributed by atoms with Crippen LogP contribution in [0.4, 0.5) is 4.39 Å². The number of benzene rings is 1. The highest BCUT2D eigenvalue weighted by Crippen LogP contribution is 2.14. The Morgan fingerprint density at radius 2 is 2.28 bits per heavy atom. The van der Waals surface area contributed by atoms with Crippen LogP contribution in [-0.4, -0.2) is 29.1 Å². The number of hydrogen-bond donors (Lipinski definition) is 1. The molecule has 0 bridgehead atoms. The van der Waals surface area contributed by atoms with Crippen molar-refractivity contribution in [2.45, 2.75) is 19.9 Å². The van der Waals surface area contributed by atoms with E-state index >= 15 is 0 Å². The minimum Gasteiger partial charge on any atom is -0.481 e. The molecule has 18 heavy (non-hydrogen) atoms. The first kappa shape index (κ1) is 14.1. The zero-order valence-electron chi connectivity index (χ0n) is 10.2. The van der Waals surface area contributed by atoms with E-state index in [1.807, 2.05) is 11.8 Å². The Morgan fingerprint density at radius 3 is 2.83 bits per heavy atom. The molecule has 0 saturated carbocycles. The maximum atomic E-state index is 13.8. The van der Waals surface area contributed by atoms with E-state index in [0.717, 1.165) is 0 Å². The monoisotopic (exact) mass is 250 g/mol. The summed E-state index contributed by atoms with van der Waals surface area (Å²) in [4.78, 5) is 12.3. The molecule has 1 aromatic rings. The largest absolute Gasteiger partial charge is 0.481 e. The topological polar surface area (TPSA) is 64.3 Å². The van der Waals surface area contributed by atoms with E-state index in [1.165, 1.54) is 6.07 Å². The van der Waals surface area contributed by atoms with Crippen molar-refractivity contribution >= 4 is 5.97 Å². The Morgan fingerprint density at radius 1 is 1.56 bits per heavy atom. The first-order chi connectivity index (χ1) is 8.58. The summed E-state index contributed by atoms with van der Waals surface area (Å²) >= 11 is 0. The second-order valence-corrected chi connectivity index (χ2v) is 3.90. The van der Waals surface area contributed by atoms with E-state index in [4.69, 9.17) is 10.4 Å². The highest BCUT2D eigenvalue weighted by atomic mass is 19.1. The van der Waals surface area contributed by atoms with E-state index in [9.17, 15) is 9.18 Å². The lowest BCUT2D eigenvalue weighted by atomic mass is 10.1. The lowest BCUT2D eigenvalue weighted by molar-refractivity contribution is -0.137. The summed E-state index contributed by atoms with van der Waals surface area (Å²) in [6.45, 7) is 3.19. The molecule has 1 N–H and O–H groups in total. The molecule has 96 valence electrons. The summed E-state index contributed by atoms with van der Waals surface area (Å²) in [6.07, 6.45) is 0.0212. The van der Waals surface area contributed by atoms with Crippen LogP contribution in [0.1, 0.15) is 24.5 Å². The van der Waals surface area contributed by atoms with Gasteiger partial charge < -0.3 is 5.11 Å². The summed E-state index contributed by atoms with van der Waals surface area (Å²) in [7, 11) is 0. The minimum atomic E-state index is -0.875. The molecule has 0 unspecified atom stereocenters. The number of rotatable bonds is 6. The summed E-state index contributed by atoms with van der Waals surface area (Å²) in [5.74, 6) is -1.39. The van der Waals surface area contributed by atoms with Crippen LogP contribution in [0.25, 0.3) is 0 Å². The number of carboxylic acids is 1. The van der Waals surface area contributed by atoms with Gasteiger partial charge in [0.15, 0.2) is 0 Å². The molecule has 0 atom stereocenters. The van der Waals surface area contributed by atoms with Crippen molar-refractivity contribution < 1.29 is 14.3 Å². The molecule has 0 heterocycles. The molecule has 0 radical (unpaired) electrons. The van der Waals surface area contributed by atoms with Crippen LogP contribution in [0.2, 0.25) is 0 Å². The lowest BCUT2D eigenvalue weighted by Gasteiger charge is -2.19. The molecular formula is C13H15FN2O2. The Kier molecular flexibility index (Phi) is 5.28. The standard InChI is InChI=1S/C13H15FN2O2/c1-2-16(7-6-12(17)18)9-11-5-3-4-10(8-15)13(11)14/h3-5H,2,6-7,9H2,1H3,(H,17,18). The van der Waals surface area contributed by atoms with Gasteiger partial charge in [0.25, 0.3) is 0 Å². The van der Waals surface area contributed by atoms with Crippen molar-refractivity contribution in [1.29, 1.82) is 5.26 Å². The molecule has 1 rings (SSSR count). The fourth-order valence-corrected chi connectivity index (χ4v) is 1.63. The number of carboxylic acid groups (broad SMARTS) is 1. The van der Waals surface area contributed by atoms with Crippen LogP contribution in [0.3, 0.4) is 0 Å². The average molecular weight is 250 g/mol. The van der Waals surface area contributed by atoms with Crippen LogP contribution in [0.5, 0.6) is 0 Å². The van der Waals surface area contributed by atoms with Crippen molar-refractivity contribution in [3.05, 3.63) is 35.1 Å². The van der Waals surface area contributed by atoms with Crippen molar-refractivity contribution in [1.82, 2.24) is 4.90 Å². The van der Waals surface area contributed by atoms with Crippen LogP contribution < -0.4 is 0 Å². The Balaban J connectivity index is 2.76. The molecule has 0 amide bonds. The fourth-order valence-electron chi connectivity index (χ4n) is 1.63. The number of nitriles is 1. The Bertz CT molecular complexity index is 469. The summed E-state index contributed by atoms with van der Waals surface area (Å²) in [5, 5.41) is 17.3. The molecule has 0 aliphatic carbocycles. The quantitative estimate of drug-likeness (QED) is 0.838. The van der Waals surface area contributed by atoms with E-state index < -0.39 is 11.8 Å². The van der Waals surface area contributed by atoms with Crippen LogP contribution >= 0.6 is 0 Å². The molecule has 4 nitrogen and oxygen atoms in total. The van der Waals surface area contributed by atoms with Gasteiger partial charge in [0, 0.05) is 18.7 Å². The van der Waals surface area contributed by atoms with Crippen LogP contribution in [0.15, 0.2) is 18.2 Å². The van der Waals surface area contributed by atoms with E-state index in [0.29, 0.717) is 25.2 Å². The summed E-state index contributed by atoms with van der Waals surface area (Å²) in [6, 6.07) is 6.45. The normalized spacial score (nSPS) is 10.3. The van der Waals surface area contributed by atoms with Gasteiger partial charge >= 0.3 is 5.97 Å². The molecule has 0 spiro atoms. The van der Waals surface area contributed by atoms with Gasteiger partial charge in [0.05, 0.1) is 12.0 Å². The maximum Gasteiger partial charge on any atom is 0.304 e. The van der Waals surface area contributed by atoms with Crippen molar-refractivity contribution in [3.8, 4) is 6.07 Å². The number of aliphatic carboxylic acids is 1. The van der Waals surface area contributed by atoms with Crippen LogP contribution in [0, 0.1) is 17.1 Å². The van der Waals surface area contributed by atoms with Gasteiger partial charge in [0.2, 0.25) is 0 Å². The molecule has 0 saturated heterocycles. The number of carbonyl (C=O) groups is 1. The van der Waals surface area contributed by atoms with Gasteiger partial charge in [-0.2, -0.15) is 5.26 Å². The smallest absolute Gasteiger partial charge is 0.304 e. The van der Waals surface area contributed by atoms with Crippen LogP contribution in [-0.2, 0) is 11.3 Å². The Hall–Kier alpha value is -1.93. The van der Waals surface area contributed by atoms with E-state index in [-0.39, 0.29) is 12.0 Å². The van der Waals surface area contributed by atoms with Crippen molar-refractivity contribution in [2.75, 3.05) is 13.1 Å². The third-order valence-electron chi connectivity index (χ3n) is 2.68. The Labute approximate surface area is 105 Å². The molecule has 0 aliphatic heterocycles. The summed E-state index contributed by atoms with van der Waals surface area (Å²) < 4.78 is 13.8. The zero-order chi connectivity index (χ0) is 13.5. The molecule has 5 heteroatoms. The van der Waals surface area contributed by atoms with Gasteiger partial charge in [-0.3, -0.25) is 9.69 Å². The highest BCUT2D eigenvalue weighted by molar-refractivity contribution is 5.66. The SMILES string of the molecule is CCN(CCC(=O)O)Cc1cccc(C#N)c1F. The molecular weight excluding hydrogens is 235 g/mol. The molecule has 0 fully saturated rings. The van der Waals surface area contributed by atoms with Gasteiger partial charge in [-0.1, -0.05) is 19.1 Å². The van der Waals surface area contributed by atoms with Crippen molar-refractivity contribution in [2.24, 2.45) is 0 Å². The third-order valence-corrected chi connectivity index (χ3v) is 2.68. The fraction of sp³-hybridized carbons (Fsp3) is 0.385. The number of halogens is 1. The van der Waals surface area contributed by atoms with Gasteiger partial charge in [-0.05, 0) is 12.6 Å². The van der Waals surface area contributed by atoms with E-state index in [2.05, 4.69) is 0 Å². The third kappa shape index (κ3) is 3.82. The molecule has 1 aromatic carbocycles. The number of nitrogens with zero attached hydrogens (tertiary/aromatic N) is 2. The van der Waals surface area contributed by atoms with Gasteiger partial charge in [-0.25, -0.2) is 4.39 Å². The second kappa shape index (κ2) is 6.72. The first-order valence-corrected chi connectivity index (χ1v) is 5.70. The predicted molar refractivity (Wildman–Crippen MR) is 64.3 cm³/mol. The van der Waals surface area contributed by atoms with E-state index in [1.54, 1.807) is 18.2 Å². The minimum absolute atomic E-state index is 0.0155. The highest BCUT2D eigenvalue weighted by Gasteiger charge is 2.12. The average Bonchev–Trinajstić information content (AvgIpc) is 2.36. The maximum absolute atomic E-state index is 13.8. The molecule has 0 aromatic heterocycles. The second-order valence-electron chi connectivity index (χ2n) is 3.90. The van der Waals surface area contributed by atoms with Gasteiger partial charge in [-0.15, -0.1) is 0 Å².